The lowest BCUT2D eigenvalue weighted by Gasteiger charge is -2.18. The van der Waals surface area contributed by atoms with Crippen molar-refractivity contribution >= 4 is 27.6 Å². The van der Waals surface area contributed by atoms with Gasteiger partial charge in [0.2, 0.25) is 0 Å². The van der Waals surface area contributed by atoms with E-state index in [2.05, 4.69) is 40.0 Å². The van der Waals surface area contributed by atoms with Crippen LogP contribution in [0.15, 0.2) is 22.7 Å². The summed E-state index contributed by atoms with van der Waals surface area (Å²) in [4.78, 5) is 13.1. The molecule has 0 bridgehead atoms. The molecule has 4 nitrogen and oxygen atoms in total. The summed E-state index contributed by atoms with van der Waals surface area (Å²) >= 11 is 3.38. The highest BCUT2D eigenvalue weighted by molar-refractivity contribution is 9.10. The van der Waals surface area contributed by atoms with Crippen molar-refractivity contribution in [2.45, 2.75) is 13.8 Å². The van der Waals surface area contributed by atoms with Crippen molar-refractivity contribution in [3.63, 3.8) is 0 Å². The molecule has 0 spiro atoms. The summed E-state index contributed by atoms with van der Waals surface area (Å²) in [5.74, 6) is -0.912. The van der Waals surface area contributed by atoms with Crippen molar-refractivity contribution in [2.24, 2.45) is 0 Å². The van der Waals surface area contributed by atoms with Gasteiger partial charge < -0.3 is 15.3 Å². The van der Waals surface area contributed by atoms with Gasteiger partial charge in [0.05, 0.1) is 5.56 Å². The second-order valence-electron chi connectivity index (χ2n) is 3.95. The largest absolute Gasteiger partial charge is 0.478 e. The topological polar surface area (TPSA) is 52.6 Å². The lowest BCUT2D eigenvalue weighted by molar-refractivity contribution is 0.0697. The van der Waals surface area contributed by atoms with Crippen LogP contribution in [0.25, 0.3) is 0 Å². The fourth-order valence-electron chi connectivity index (χ4n) is 1.68. The van der Waals surface area contributed by atoms with Gasteiger partial charge in [0.15, 0.2) is 0 Å². The van der Waals surface area contributed by atoms with Crippen LogP contribution in [0, 0.1) is 0 Å². The predicted octanol–water partition coefficient (Wildman–Crippen LogP) is 2.90. The van der Waals surface area contributed by atoms with Crippen LogP contribution in [0.2, 0.25) is 0 Å². The summed E-state index contributed by atoms with van der Waals surface area (Å²) in [6.07, 6.45) is 0. The molecule has 2 N–H and O–H groups in total. The second kappa shape index (κ2) is 7.38. The molecule has 5 heteroatoms. The molecule has 0 aliphatic rings. The number of carbonyl (C=O) groups is 1. The van der Waals surface area contributed by atoms with Crippen LogP contribution in [0.5, 0.6) is 0 Å². The van der Waals surface area contributed by atoms with Crippen molar-refractivity contribution in [2.75, 3.05) is 31.5 Å². The predicted molar refractivity (Wildman–Crippen MR) is 77.4 cm³/mol. The number of hydrogen-bond acceptors (Lipinski definition) is 3. The molecular formula is C13H19BrN2O2. The molecule has 0 aromatic heterocycles. The number of aromatic carboxylic acids is 1. The van der Waals surface area contributed by atoms with E-state index >= 15 is 0 Å². The first-order valence-electron chi connectivity index (χ1n) is 6.07. The highest BCUT2D eigenvalue weighted by atomic mass is 79.9. The standard InChI is InChI=1S/C13H19BrN2O2/c1-3-16(4-2)8-7-15-12-6-5-10(13(17)18)9-11(12)14/h5-6,9,15H,3-4,7-8H2,1-2H3,(H,17,18). The number of likely N-dealkylation sites (N-methyl/N-ethyl adjacent to an activating group) is 1. The molecule has 0 aliphatic carbocycles. The number of rotatable bonds is 7. The minimum atomic E-state index is -0.912. The van der Waals surface area contributed by atoms with Gasteiger partial charge in [-0.15, -0.1) is 0 Å². The fourth-order valence-corrected chi connectivity index (χ4v) is 2.20. The first-order chi connectivity index (χ1) is 8.58. The number of anilines is 1. The van der Waals surface area contributed by atoms with E-state index in [4.69, 9.17) is 5.11 Å². The molecule has 0 atom stereocenters. The normalized spacial score (nSPS) is 10.7. The van der Waals surface area contributed by atoms with Gasteiger partial charge in [0.1, 0.15) is 0 Å². The second-order valence-corrected chi connectivity index (χ2v) is 4.81. The van der Waals surface area contributed by atoms with Crippen molar-refractivity contribution < 1.29 is 9.90 Å². The molecule has 0 amide bonds. The Balaban J connectivity index is 2.55. The summed E-state index contributed by atoms with van der Waals surface area (Å²) in [5.41, 5.74) is 1.21. The molecule has 0 saturated heterocycles. The highest BCUT2D eigenvalue weighted by Gasteiger charge is 2.06. The van der Waals surface area contributed by atoms with Gasteiger partial charge in [-0.1, -0.05) is 13.8 Å². The Bertz CT molecular complexity index is 406. The van der Waals surface area contributed by atoms with E-state index in [9.17, 15) is 4.79 Å². The molecule has 0 aliphatic heterocycles. The Morgan fingerprint density at radius 3 is 2.56 bits per heavy atom. The van der Waals surface area contributed by atoms with Gasteiger partial charge in [-0.3, -0.25) is 0 Å². The summed E-state index contributed by atoms with van der Waals surface area (Å²) in [6.45, 7) is 8.17. The van der Waals surface area contributed by atoms with Gasteiger partial charge in [-0.25, -0.2) is 4.79 Å². The highest BCUT2D eigenvalue weighted by Crippen LogP contribution is 2.23. The number of nitrogens with zero attached hydrogens (tertiary/aromatic N) is 1. The SMILES string of the molecule is CCN(CC)CCNc1ccc(C(=O)O)cc1Br. The van der Waals surface area contributed by atoms with Crippen molar-refractivity contribution in [1.29, 1.82) is 0 Å². The van der Waals surface area contributed by atoms with E-state index in [-0.39, 0.29) is 5.56 Å². The third-order valence-corrected chi connectivity index (χ3v) is 3.51. The van der Waals surface area contributed by atoms with Crippen LogP contribution in [-0.4, -0.2) is 42.2 Å². The van der Waals surface area contributed by atoms with E-state index in [1.165, 1.54) is 0 Å². The Morgan fingerprint density at radius 2 is 2.06 bits per heavy atom. The van der Waals surface area contributed by atoms with E-state index in [0.717, 1.165) is 36.3 Å². The van der Waals surface area contributed by atoms with Crippen LogP contribution in [0.3, 0.4) is 0 Å². The number of carboxylic acid groups (broad SMARTS) is 1. The van der Waals surface area contributed by atoms with Crippen molar-refractivity contribution in [3.8, 4) is 0 Å². The molecule has 0 radical (unpaired) electrons. The smallest absolute Gasteiger partial charge is 0.335 e. The number of halogens is 1. The van der Waals surface area contributed by atoms with Crippen LogP contribution in [0.4, 0.5) is 5.69 Å². The molecule has 0 fully saturated rings. The number of benzene rings is 1. The fraction of sp³-hybridized carbons (Fsp3) is 0.462. The quantitative estimate of drug-likeness (QED) is 0.812. The Kier molecular flexibility index (Phi) is 6.15. The zero-order chi connectivity index (χ0) is 13.5. The third-order valence-electron chi connectivity index (χ3n) is 2.85. The Morgan fingerprint density at radius 1 is 1.39 bits per heavy atom. The number of nitrogens with one attached hydrogen (secondary N) is 1. The zero-order valence-corrected chi connectivity index (χ0v) is 12.3. The summed E-state index contributed by atoms with van der Waals surface area (Å²) in [6, 6.07) is 5.00. The molecule has 1 aromatic rings. The van der Waals surface area contributed by atoms with Crippen LogP contribution in [0.1, 0.15) is 24.2 Å². The van der Waals surface area contributed by atoms with E-state index in [1.54, 1.807) is 18.2 Å². The molecule has 0 unspecified atom stereocenters. The maximum absolute atomic E-state index is 10.8. The molecule has 18 heavy (non-hydrogen) atoms. The molecule has 1 rings (SSSR count). The van der Waals surface area contributed by atoms with Crippen molar-refractivity contribution in [1.82, 2.24) is 4.90 Å². The first kappa shape index (κ1) is 15.0. The zero-order valence-electron chi connectivity index (χ0n) is 10.7. The van der Waals surface area contributed by atoms with E-state index in [1.807, 2.05) is 0 Å². The monoisotopic (exact) mass is 314 g/mol. The molecule has 0 saturated carbocycles. The summed E-state index contributed by atoms with van der Waals surface area (Å²) < 4.78 is 0.780. The van der Waals surface area contributed by atoms with E-state index < -0.39 is 5.97 Å². The van der Waals surface area contributed by atoms with Crippen LogP contribution < -0.4 is 5.32 Å². The Hall–Kier alpha value is -1.07. The minimum Gasteiger partial charge on any atom is -0.478 e. The average Bonchev–Trinajstić information content (AvgIpc) is 2.36. The average molecular weight is 315 g/mol. The maximum Gasteiger partial charge on any atom is 0.335 e. The minimum absolute atomic E-state index is 0.288. The third kappa shape index (κ3) is 4.31. The summed E-state index contributed by atoms with van der Waals surface area (Å²) in [5, 5.41) is 12.2. The summed E-state index contributed by atoms with van der Waals surface area (Å²) in [7, 11) is 0. The Labute approximate surface area is 116 Å². The molecule has 0 heterocycles. The lowest BCUT2D eigenvalue weighted by atomic mass is 10.2. The first-order valence-corrected chi connectivity index (χ1v) is 6.86. The van der Waals surface area contributed by atoms with Crippen LogP contribution in [-0.2, 0) is 0 Å². The van der Waals surface area contributed by atoms with Gasteiger partial charge >= 0.3 is 5.97 Å². The number of carboxylic acids is 1. The number of hydrogen-bond donors (Lipinski definition) is 2. The van der Waals surface area contributed by atoms with E-state index in [0.29, 0.717) is 0 Å². The van der Waals surface area contributed by atoms with Crippen LogP contribution >= 0.6 is 15.9 Å². The molecule has 1 aromatic carbocycles. The van der Waals surface area contributed by atoms with Crippen molar-refractivity contribution in [3.05, 3.63) is 28.2 Å². The van der Waals surface area contributed by atoms with Gasteiger partial charge in [0.25, 0.3) is 0 Å². The molecular weight excluding hydrogens is 296 g/mol. The molecule has 100 valence electrons. The lowest BCUT2D eigenvalue weighted by Crippen LogP contribution is -2.28. The maximum atomic E-state index is 10.8. The van der Waals surface area contributed by atoms with Gasteiger partial charge in [-0.05, 0) is 47.2 Å². The van der Waals surface area contributed by atoms with Gasteiger partial charge in [0, 0.05) is 23.2 Å². The van der Waals surface area contributed by atoms with Gasteiger partial charge in [-0.2, -0.15) is 0 Å².